The summed E-state index contributed by atoms with van der Waals surface area (Å²) in [5.74, 6) is -0.208. The lowest BCUT2D eigenvalue weighted by Gasteiger charge is -1.98. The molecule has 48 valence electrons. The number of carbonyl (C=O) groups is 1. The Bertz CT molecular complexity index is 308. The van der Waals surface area contributed by atoms with Gasteiger partial charge in [0.25, 0.3) is 5.91 Å². The van der Waals surface area contributed by atoms with Crippen LogP contribution in [0.25, 0.3) is 0 Å². The fourth-order valence-electron chi connectivity index (χ4n) is 0.868. The summed E-state index contributed by atoms with van der Waals surface area (Å²) in [6.45, 7) is 0. The number of carbonyl (C=O) groups excluding carboxylic acids is 1. The zero-order valence-electron chi connectivity index (χ0n) is 5.11. The van der Waals surface area contributed by atoms with Gasteiger partial charge in [-0.3, -0.25) is 9.79 Å². The Labute approximate surface area is 57.5 Å². The molecule has 2 aliphatic heterocycles. The first kappa shape index (κ1) is 5.29. The highest BCUT2D eigenvalue weighted by atomic mass is 16.1. The van der Waals surface area contributed by atoms with Gasteiger partial charge >= 0.3 is 0 Å². The van der Waals surface area contributed by atoms with Gasteiger partial charge in [-0.1, -0.05) is 0 Å². The Hall–Kier alpha value is -1.51. The summed E-state index contributed by atoms with van der Waals surface area (Å²) in [7, 11) is 0. The van der Waals surface area contributed by atoms with E-state index in [1.54, 1.807) is 18.5 Å². The molecule has 3 heteroatoms. The van der Waals surface area contributed by atoms with Crippen LogP contribution in [0.15, 0.2) is 33.9 Å². The van der Waals surface area contributed by atoms with E-state index in [1.165, 1.54) is 6.08 Å². The van der Waals surface area contributed by atoms with E-state index in [0.717, 1.165) is 5.57 Å². The van der Waals surface area contributed by atoms with E-state index in [1.807, 2.05) is 0 Å². The lowest BCUT2D eigenvalue weighted by atomic mass is 10.1. The quantitative estimate of drug-likeness (QED) is 0.473. The van der Waals surface area contributed by atoms with Crippen LogP contribution >= 0.6 is 0 Å². The van der Waals surface area contributed by atoms with E-state index in [2.05, 4.69) is 9.98 Å². The van der Waals surface area contributed by atoms with Crippen molar-refractivity contribution in [3.63, 3.8) is 0 Å². The largest absolute Gasteiger partial charge is 0.270 e. The number of hydrogen-bond acceptors (Lipinski definition) is 2. The molecule has 0 N–H and O–H groups in total. The topological polar surface area (TPSA) is 41.8 Å². The second-order valence-electron chi connectivity index (χ2n) is 2.03. The van der Waals surface area contributed by atoms with E-state index in [0.29, 0.717) is 5.71 Å². The predicted octanol–water partition coefficient (Wildman–Crippen LogP) is 0.492. The zero-order chi connectivity index (χ0) is 6.97. The first-order valence-corrected chi connectivity index (χ1v) is 2.91. The van der Waals surface area contributed by atoms with Crippen molar-refractivity contribution < 1.29 is 4.79 Å². The average Bonchev–Trinajstić information content (AvgIpc) is 2.33. The summed E-state index contributed by atoms with van der Waals surface area (Å²) < 4.78 is 0. The van der Waals surface area contributed by atoms with Crippen molar-refractivity contribution in [3.05, 3.63) is 23.9 Å². The summed E-state index contributed by atoms with van der Waals surface area (Å²) in [6.07, 6.45) is 6.42. The fraction of sp³-hybridized carbons (Fsp3) is 0. The Morgan fingerprint density at radius 1 is 1.30 bits per heavy atom. The van der Waals surface area contributed by atoms with E-state index in [-0.39, 0.29) is 5.91 Å². The first-order chi connectivity index (χ1) is 4.86. The van der Waals surface area contributed by atoms with Crippen molar-refractivity contribution in [2.75, 3.05) is 0 Å². The second-order valence-corrected chi connectivity index (χ2v) is 2.03. The minimum absolute atomic E-state index is 0.208. The molecule has 1 amide bonds. The van der Waals surface area contributed by atoms with Gasteiger partial charge in [-0.15, -0.1) is 0 Å². The number of rotatable bonds is 0. The van der Waals surface area contributed by atoms with Crippen LogP contribution in [0.2, 0.25) is 0 Å². The van der Waals surface area contributed by atoms with Crippen LogP contribution in [0.1, 0.15) is 0 Å². The summed E-state index contributed by atoms with van der Waals surface area (Å²) in [6, 6.07) is 0. The van der Waals surface area contributed by atoms with E-state index >= 15 is 0 Å². The molecule has 0 aromatic rings. The van der Waals surface area contributed by atoms with Gasteiger partial charge in [0.2, 0.25) is 0 Å². The van der Waals surface area contributed by atoms with Crippen LogP contribution in [0, 0.1) is 0 Å². The molecule has 2 heterocycles. The van der Waals surface area contributed by atoms with Gasteiger partial charge in [-0.2, -0.15) is 0 Å². The highest BCUT2D eigenvalue weighted by Crippen LogP contribution is 2.10. The number of nitrogens with zero attached hydrogens (tertiary/aromatic N) is 2. The molecule has 0 saturated carbocycles. The number of dihydropyridines is 1. The minimum atomic E-state index is -0.208. The highest BCUT2D eigenvalue weighted by Gasteiger charge is 2.11. The van der Waals surface area contributed by atoms with Crippen LogP contribution in [-0.4, -0.2) is 17.8 Å². The van der Waals surface area contributed by atoms with Gasteiger partial charge < -0.3 is 0 Å². The number of fused-ring (bicyclic) bond motifs is 1. The predicted molar refractivity (Wildman–Crippen MR) is 38.2 cm³/mol. The van der Waals surface area contributed by atoms with Gasteiger partial charge in [0.05, 0.1) is 11.9 Å². The molecule has 2 rings (SSSR count). The highest BCUT2D eigenvalue weighted by molar-refractivity contribution is 6.43. The van der Waals surface area contributed by atoms with E-state index in [9.17, 15) is 4.79 Å². The molecule has 0 fully saturated rings. The Balaban J connectivity index is 2.51. The van der Waals surface area contributed by atoms with Crippen LogP contribution in [0.5, 0.6) is 0 Å². The number of amides is 1. The van der Waals surface area contributed by atoms with Gasteiger partial charge in [-0.25, -0.2) is 4.99 Å². The summed E-state index contributed by atoms with van der Waals surface area (Å²) in [5, 5.41) is 0. The Morgan fingerprint density at radius 3 is 3.10 bits per heavy atom. The second kappa shape index (κ2) is 1.73. The molecule has 0 bridgehead atoms. The maximum absolute atomic E-state index is 10.6. The monoisotopic (exact) mass is 132 g/mol. The van der Waals surface area contributed by atoms with Crippen molar-refractivity contribution in [2.45, 2.75) is 0 Å². The maximum atomic E-state index is 10.6. The molecule has 0 saturated heterocycles. The van der Waals surface area contributed by atoms with Crippen LogP contribution < -0.4 is 0 Å². The van der Waals surface area contributed by atoms with Crippen LogP contribution in [0.4, 0.5) is 0 Å². The molecule has 0 aromatic carbocycles. The van der Waals surface area contributed by atoms with E-state index in [4.69, 9.17) is 0 Å². The summed E-state index contributed by atoms with van der Waals surface area (Å²) >= 11 is 0. The molecule has 0 spiro atoms. The van der Waals surface area contributed by atoms with E-state index < -0.39 is 0 Å². The normalized spacial score (nSPS) is 20.6. The molecule has 0 atom stereocenters. The molecule has 2 aliphatic rings. The smallest absolute Gasteiger partial charge is 0.267 e. The summed E-state index contributed by atoms with van der Waals surface area (Å²) in [5.41, 5.74) is 1.59. The Kier molecular flexibility index (Phi) is 0.917. The third-order valence-corrected chi connectivity index (χ3v) is 1.34. The lowest BCUT2D eigenvalue weighted by Crippen LogP contribution is -2.06. The molecular formula is C7H4N2O. The molecule has 3 nitrogen and oxygen atoms in total. The first-order valence-electron chi connectivity index (χ1n) is 2.91. The standard InChI is InChI=1S/C7H4N2O/c10-7-2-1-5-3-8-4-6(5)9-7/h1-4H. The van der Waals surface area contributed by atoms with Crippen molar-refractivity contribution >= 4 is 17.8 Å². The lowest BCUT2D eigenvalue weighted by molar-refractivity contribution is -0.113. The number of hydrogen-bond donors (Lipinski definition) is 0. The minimum Gasteiger partial charge on any atom is -0.267 e. The SMILES string of the molecule is O=C1C=CC2=CN=CC2=N1. The average molecular weight is 132 g/mol. The fourth-order valence-corrected chi connectivity index (χ4v) is 0.868. The third kappa shape index (κ3) is 0.639. The molecular weight excluding hydrogens is 128 g/mol. The summed E-state index contributed by atoms with van der Waals surface area (Å²) in [4.78, 5) is 18.2. The molecule has 10 heavy (non-hydrogen) atoms. The number of aliphatic imine (C=N–C) groups is 2. The van der Waals surface area contributed by atoms with Crippen molar-refractivity contribution in [2.24, 2.45) is 9.98 Å². The van der Waals surface area contributed by atoms with Crippen molar-refractivity contribution in [1.82, 2.24) is 0 Å². The third-order valence-electron chi connectivity index (χ3n) is 1.34. The van der Waals surface area contributed by atoms with Crippen LogP contribution in [0.3, 0.4) is 0 Å². The van der Waals surface area contributed by atoms with Crippen LogP contribution in [-0.2, 0) is 4.79 Å². The zero-order valence-corrected chi connectivity index (χ0v) is 5.11. The van der Waals surface area contributed by atoms with Crippen molar-refractivity contribution in [3.8, 4) is 0 Å². The molecule has 0 radical (unpaired) electrons. The maximum Gasteiger partial charge on any atom is 0.270 e. The molecule has 0 aliphatic carbocycles. The van der Waals surface area contributed by atoms with Gasteiger partial charge in [0, 0.05) is 17.8 Å². The number of allylic oxidation sites excluding steroid dienone is 2. The van der Waals surface area contributed by atoms with Gasteiger partial charge in [0.1, 0.15) is 0 Å². The molecule has 0 unspecified atom stereocenters. The Morgan fingerprint density at radius 2 is 2.20 bits per heavy atom. The van der Waals surface area contributed by atoms with Crippen molar-refractivity contribution in [1.29, 1.82) is 0 Å². The molecule has 0 aromatic heterocycles. The van der Waals surface area contributed by atoms with Gasteiger partial charge in [-0.05, 0) is 6.08 Å². The van der Waals surface area contributed by atoms with Gasteiger partial charge in [0.15, 0.2) is 0 Å².